The van der Waals surface area contributed by atoms with Gasteiger partial charge in [-0.05, 0) is 39.0 Å². The largest absolute Gasteiger partial charge is 0.493 e. The molecule has 0 atom stereocenters. The zero-order chi connectivity index (χ0) is 15.5. The van der Waals surface area contributed by atoms with Crippen LogP contribution in [0.4, 0.5) is 0 Å². The van der Waals surface area contributed by atoms with Gasteiger partial charge < -0.3 is 19.8 Å². The summed E-state index contributed by atoms with van der Waals surface area (Å²) in [7, 11) is 3.25. The van der Waals surface area contributed by atoms with Crippen molar-refractivity contribution in [1.29, 1.82) is 0 Å². The molecule has 0 radical (unpaired) electrons. The third-order valence-electron chi connectivity index (χ3n) is 3.09. The molecule has 0 aliphatic rings. The second-order valence-electron chi connectivity index (χ2n) is 5.93. The quantitative estimate of drug-likeness (QED) is 0.888. The van der Waals surface area contributed by atoms with Crippen LogP contribution in [0, 0.1) is 0 Å². The molecule has 114 valence electrons. The molecule has 0 amide bonds. The van der Waals surface area contributed by atoms with Gasteiger partial charge in [0, 0.05) is 29.5 Å². The Morgan fingerprint density at radius 3 is 2.48 bits per heavy atom. The normalized spacial score (nSPS) is 11.5. The van der Waals surface area contributed by atoms with Crippen molar-refractivity contribution in [2.45, 2.75) is 32.9 Å². The number of rotatable bonds is 5. The predicted octanol–water partition coefficient (Wildman–Crippen LogP) is 2.98. The highest BCUT2D eigenvalue weighted by molar-refractivity contribution is 5.61. The average Bonchev–Trinajstić information content (AvgIpc) is 2.92. The molecule has 0 aliphatic carbocycles. The van der Waals surface area contributed by atoms with Crippen molar-refractivity contribution in [2.24, 2.45) is 0 Å². The first-order chi connectivity index (χ1) is 9.93. The van der Waals surface area contributed by atoms with Crippen LogP contribution in [0.5, 0.6) is 11.5 Å². The van der Waals surface area contributed by atoms with E-state index in [1.807, 2.05) is 24.4 Å². The fourth-order valence-corrected chi connectivity index (χ4v) is 1.94. The predicted molar refractivity (Wildman–Crippen MR) is 83.7 cm³/mol. The van der Waals surface area contributed by atoms with E-state index in [4.69, 9.17) is 9.47 Å². The van der Waals surface area contributed by atoms with Crippen molar-refractivity contribution in [3.8, 4) is 22.9 Å². The van der Waals surface area contributed by atoms with Gasteiger partial charge in [-0.25, -0.2) is 4.98 Å². The van der Waals surface area contributed by atoms with Crippen LogP contribution in [0.2, 0.25) is 0 Å². The number of hydrogen-bond acceptors (Lipinski definition) is 4. The standard InChI is InChI=1S/C16H23N3O2/c1-16(2,3)18-10-12-9-17-15(19-12)11-6-7-13(20-4)14(8-11)21-5/h6-9,18H,10H2,1-5H3,(H,17,19). The molecule has 0 saturated carbocycles. The Hall–Kier alpha value is -2.01. The molecule has 0 spiro atoms. The molecule has 2 aromatic rings. The summed E-state index contributed by atoms with van der Waals surface area (Å²) in [5, 5.41) is 3.43. The number of hydrogen-bond donors (Lipinski definition) is 2. The maximum atomic E-state index is 5.32. The molecule has 0 unspecified atom stereocenters. The molecule has 5 heteroatoms. The smallest absolute Gasteiger partial charge is 0.161 e. The SMILES string of the molecule is COc1ccc(-c2ncc(CNC(C)(C)C)[nH]2)cc1OC. The number of aromatic amines is 1. The summed E-state index contributed by atoms with van der Waals surface area (Å²) in [6, 6.07) is 5.75. The summed E-state index contributed by atoms with van der Waals surface area (Å²) in [4.78, 5) is 7.75. The van der Waals surface area contributed by atoms with E-state index in [1.54, 1.807) is 14.2 Å². The number of imidazole rings is 1. The second-order valence-corrected chi connectivity index (χ2v) is 5.93. The molecule has 1 aromatic heterocycles. The van der Waals surface area contributed by atoms with E-state index in [9.17, 15) is 0 Å². The Kier molecular flexibility index (Phi) is 4.53. The van der Waals surface area contributed by atoms with Crippen LogP contribution in [-0.4, -0.2) is 29.7 Å². The summed E-state index contributed by atoms with van der Waals surface area (Å²) in [6.07, 6.45) is 1.85. The number of ether oxygens (including phenoxy) is 2. The van der Waals surface area contributed by atoms with Crippen molar-refractivity contribution in [3.05, 3.63) is 30.1 Å². The van der Waals surface area contributed by atoms with Gasteiger partial charge in [-0.15, -0.1) is 0 Å². The van der Waals surface area contributed by atoms with Gasteiger partial charge in [0.05, 0.1) is 14.2 Å². The fraction of sp³-hybridized carbons (Fsp3) is 0.438. The monoisotopic (exact) mass is 289 g/mol. The van der Waals surface area contributed by atoms with Crippen molar-refractivity contribution in [3.63, 3.8) is 0 Å². The minimum atomic E-state index is 0.0780. The molecule has 1 aromatic carbocycles. The van der Waals surface area contributed by atoms with E-state index in [2.05, 4.69) is 36.1 Å². The van der Waals surface area contributed by atoms with Gasteiger partial charge in [-0.2, -0.15) is 0 Å². The lowest BCUT2D eigenvalue weighted by molar-refractivity contribution is 0.355. The van der Waals surface area contributed by atoms with Crippen molar-refractivity contribution in [2.75, 3.05) is 14.2 Å². The Morgan fingerprint density at radius 2 is 1.86 bits per heavy atom. The van der Waals surface area contributed by atoms with E-state index in [0.29, 0.717) is 11.5 Å². The number of nitrogens with one attached hydrogen (secondary N) is 2. The molecule has 0 bridgehead atoms. The fourth-order valence-electron chi connectivity index (χ4n) is 1.94. The van der Waals surface area contributed by atoms with Crippen LogP contribution >= 0.6 is 0 Å². The highest BCUT2D eigenvalue weighted by Crippen LogP contribution is 2.31. The topological polar surface area (TPSA) is 59.2 Å². The number of H-pyrrole nitrogens is 1. The lowest BCUT2D eigenvalue weighted by atomic mass is 10.1. The van der Waals surface area contributed by atoms with Gasteiger partial charge in [-0.3, -0.25) is 0 Å². The molecule has 0 fully saturated rings. The van der Waals surface area contributed by atoms with Gasteiger partial charge in [0.1, 0.15) is 5.82 Å². The van der Waals surface area contributed by atoms with Gasteiger partial charge in [0.25, 0.3) is 0 Å². The summed E-state index contributed by atoms with van der Waals surface area (Å²) in [5.41, 5.74) is 2.10. The minimum absolute atomic E-state index is 0.0780. The molecule has 0 saturated heterocycles. The zero-order valence-corrected chi connectivity index (χ0v) is 13.3. The molecule has 0 aliphatic heterocycles. The van der Waals surface area contributed by atoms with Crippen molar-refractivity contribution < 1.29 is 9.47 Å². The van der Waals surface area contributed by atoms with E-state index in [1.165, 1.54) is 0 Å². The highest BCUT2D eigenvalue weighted by atomic mass is 16.5. The zero-order valence-electron chi connectivity index (χ0n) is 13.3. The van der Waals surface area contributed by atoms with Crippen LogP contribution in [0.25, 0.3) is 11.4 Å². The van der Waals surface area contributed by atoms with E-state index < -0.39 is 0 Å². The Morgan fingerprint density at radius 1 is 1.14 bits per heavy atom. The van der Waals surface area contributed by atoms with Gasteiger partial charge in [0.2, 0.25) is 0 Å². The molecule has 2 N–H and O–H groups in total. The van der Waals surface area contributed by atoms with Crippen LogP contribution in [-0.2, 0) is 6.54 Å². The Bertz CT molecular complexity index is 600. The molecular weight excluding hydrogens is 266 g/mol. The van der Waals surface area contributed by atoms with E-state index in [-0.39, 0.29) is 5.54 Å². The number of nitrogens with zero attached hydrogens (tertiary/aromatic N) is 1. The summed E-state index contributed by atoms with van der Waals surface area (Å²) in [5.74, 6) is 2.23. The van der Waals surface area contributed by atoms with E-state index >= 15 is 0 Å². The van der Waals surface area contributed by atoms with Crippen LogP contribution in [0.15, 0.2) is 24.4 Å². The second kappa shape index (κ2) is 6.18. The lowest BCUT2D eigenvalue weighted by Crippen LogP contribution is -2.35. The van der Waals surface area contributed by atoms with E-state index in [0.717, 1.165) is 23.6 Å². The summed E-state index contributed by atoms with van der Waals surface area (Å²) < 4.78 is 10.6. The van der Waals surface area contributed by atoms with Crippen molar-refractivity contribution >= 4 is 0 Å². The van der Waals surface area contributed by atoms with Crippen LogP contribution in [0.1, 0.15) is 26.5 Å². The average molecular weight is 289 g/mol. The van der Waals surface area contributed by atoms with Gasteiger partial charge in [0.15, 0.2) is 11.5 Å². The first-order valence-corrected chi connectivity index (χ1v) is 6.94. The highest BCUT2D eigenvalue weighted by Gasteiger charge is 2.11. The van der Waals surface area contributed by atoms with Crippen molar-refractivity contribution in [1.82, 2.24) is 15.3 Å². The minimum Gasteiger partial charge on any atom is -0.493 e. The van der Waals surface area contributed by atoms with Gasteiger partial charge in [-0.1, -0.05) is 0 Å². The molecule has 1 heterocycles. The third kappa shape index (κ3) is 3.98. The van der Waals surface area contributed by atoms with Crippen LogP contribution in [0.3, 0.4) is 0 Å². The molecule has 5 nitrogen and oxygen atoms in total. The van der Waals surface area contributed by atoms with Crippen LogP contribution < -0.4 is 14.8 Å². The Balaban J connectivity index is 2.17. The first kappa shape index (κ1) is 15.4. The molecule has 2 rings (SSSR count). The first-order valence-electron chi connectivity index (χ1n) is 6.94. The maximum absolute atomic E-state index is 5.32. The molecular formula is C16H23N3O2. The number of benzene rings is 1. The maximum Gasteiger partial charge on any atom is 0.161 e. The number of methoxy groups -OCH3 is 2. The third-order valence-corrected chi connectivity index (χ3v) is 3.09. The van der Waals surface area contributed by atoms with Gasteiger partial charge >= 0.3 is 0 Å². The Labute approximate surface area is 125 Å². The summed E-state index contributed by atoms with van der Waals surface area (Å²) >= 11 is 0. The number of aromatic nitrogens is 2. The molecule has 21 heavy (non-hydrogen) atoms. The summed E-state index contributed by atoms with van der Waals surface area (Å²) in [6.45, 7) is 7.17. The lowest BCUT2D eigenvalue weighted by Gasteiger charge is -2.19.